The van der Waals surface area contributed by atoms with E-state index < -0.39 is 0 Å². The minimum Gasteiger partial charge on any atom is -0.292 e. The van der Waals surface area contributed by atoms with Crippen molar-refractivity contribution >= 4 is 17.7 Å². The van der Waals surface area contributed by atoms with E-state index in [1.807, 2.05) is 18.2 Å². The molecule has 0 radical (unpaired) electrons. The number of halogens is 1. The van der Waals surface area contributed by atoms with Gasteiger partial charge in [0.15, 0.2) is 0 Å². The molecule has 1 saturated heterocycles. The Morgan fingerprint density at radius 2 is 2.00 bits per heavy atom. The standard InChI is InChI=1S/C21H18FN3OS/c22-17-8-4-7-16(9-17)18-10-20(26)25-13-24(12-15-5-2-1-3-6-15)14-27-21(25)19(18)11-23/h1-9,18H,10,12-14H2/t18-/m0/s1. The molecule has 0 saturated carbocycles. The third kappa shape index (κ3) is 3.61. The quantitative estimate of drug-likeness (QED) is 0.808. The number of carbonyl (C=O) groups is 1. The van der Waals surface area contributed by atoms with E-state index in [-0.39, 0.29) is 24.1 Å². The zero-order valence-electron chi connectivity index (χ0n) is 14.6. The van der Waals surface area contributed by atoms with Crippen LogP contribution in [0, 0.1) is 17.1 Å². The molecule has 2 aromatic carbocycles. The van der Waals surface area contributed by atoms with Crippen molar-refractivity contribution < 1.29 is 9.18 Å². The van der Waals surface area contributed by atoms with Crippen molar-refractivity contribution in [2.75, 3.05) is 12.5 Å². The summed E-state index contributed by atoms with van der Waals surface area (Å²) in [7, 11) is 0. The van der Waals surface area contributed by atoms with Gasteiger partial charge in [-0.2, -0.15) is 5.26 Å². The number of allylic oxidation sites excluding steroid dienone is 1. The zero-order chi connectivity index (χ0) is 18.8. The van der Waals surface area contributed by atoms with E-state index >= 15 is 0 Å². The fourth-order valence-corrected chi connectivity index (χ4v) is 4.69. The van der Waals surface area contributed by atoms with Gasteiger partial charge in [-0.3, -0.25) is 14.6 Å². The Morgan fingerprint density at radius 1 is 1.19 bits per heavy atom. The lowest BCUT2D eigenvalue weighted by Gasteiger charge is -2.41. The summed E-state index contributed by atoms with van der Waals surface area (Å²) in [4.78, 5) is 16.7. The largest absolute Gasteiger partial charge is 0.292 e. The lowest BCUT2D eigenvalue weighted by Crippen LogP contribution is -2.46. The summed E-state index contributed by atoms with van der Waals surface area (Å²) in [5.41, 5.74) is 2.43. The zero-order valence-corrected chi connectivity index (χ0v) is 15.5. The average Bonchev–Trinajstić information content (AvgIpc) is 2.69. The molecular weight excluding hydrogens is 361 g/mol. The molecule has 0 aliphatic carbocycles. The fourth-order valence-electron chi connectivity index (χ4n) is 3.56. The molecule has 27 heavy (non-hydrogen) atoms. The molecule has 2 aliphatic rings. The van der Waals surface area contributed by atoms with Gasteiger partial charge >= 0.3 is 0 Å². The molecular formula is C21H18FN3OS. The van der Waals surface area contributed by atoms with Crippen molar-refractivity contribution in [3.63, 3.8) is 0 Å². The van der Waals surface area contributed by atoms with E-state index in [9.17, 15) is 14.4 Å². The summed E-state index contributed by atoms with van der Waals surface area (Å²) in [6.45, 7) is 1.22. The summed E-state index contributed by atoms with van der Waals surface area (Å²) >= 11 is 1.51. The Hall–Kier alpha value is -2.62. The van der Waals surface area contributed by atoms with Gasteiger partial charge in [-0.05, 0) is 23.3 Å². The highest BCUT2D eigenvalue weighted by Crippen LogP contribution is 2.42. The van der Waals surface area contributed by atoms with Crippen LogP contribution in [-0.2, 0) is 11.3 Å². The van der Waals surface area contributed by atoms with E-state index in [1.165, 1.54) is 29.5 Å². The van der Waals surface area contributed by atoms with Crippen LogP contribution in [0.1, 0.15) is 23.5 Å². The molecule has 0 unspecified atom stereocenters. The van der Waals surface area contributed by atoms with E-state index in [1.54, 1.807) is 17.0 Å². The Labute approximate surface area is 161 Å². The molecule has 0 spiro atoms. The smallest absolute Gasteiger partial charge is 0.229 e. The first-order valence-electron chi connectivity index (χ1n) is 8.75. The average molecular weight is 379 g/mol. The van der Waals surface area contributed by atoms with Gasteiger partial charge in [0.25, 0.3) is 0 Å². The van der Waals surface area contributed by atoms with Crippen molar-refractivity contribution in [1.82, 2.24) is 9.80 Å². The lowest BCUT2D eigenvalue weighted by atomic mass is 9.86. The number of amides is 1. The van der Waals surface area contributed by atoms with Crippen molar-refractivity contribution in [3.8, 4) is 6.07 Å². The molecule has 2 aromatic rings. The SMILES string of the molecule is N#CC1=C2SCN(Cc3ccccc3)CN2C(=O)C[C@H]1c1cccc(F)c1. The van der Waals surface area contributed by atoms with E-state index in [2.05, 4.69) is 23.1 Å². The number of rotatable bonds is 3. The molecule has 0 N–H and O–H groups in total. The maximum atomic E-state index is 13.6. The van der Waals surface area contributed by atoms with Crippen LogP contribution >= 0.6 is 11.8 Å². The first-order chi connectivity index (χ1) is 13.2. The first kappa shape index (κ1) is 17.8. The Balaban J connectivity index is 1.60. The topological polar surface area (TPSA) is 47.3 Å². The van der Waals surface area contributed by atoms with Crippen LogP contribution in [0.25, 0.3) is 0 Å². The number of nitrogens with zero attached hydrogens (tertiary/aromatic N) is 3. The van der Waals surface area contributed by atoms with Gasteiger partial charge in [-0.25, -0.2) is 4.39 Å². The molecule has 2 heterocycles. The van der Waals surface area contributed by atoms with Crippen LogP contribution in [0.5, 0.6) is 0 Å². The third-order valence-corrected chi connectivity index (χ3v) is 6.06. The molecule has 1 amide bonds. The van der Waals surface area contributed by atoms with Crippen molar-refractivity contribution in [2.24, 2.45) is 0 Å². The third-order valence-electron chi connectivity index (χ3n) is 4.85. The predicted octanol–water partition coefficient (Wildman–Crippen LogP) is 4.04. The van der Waals surface area contributed by atoms with Crippen LogP contribution in [0.4, 0.5) is 4.39 Å². The maximum Gasteiger partial charge on any atom is 0.229 e. The van der Waals surface area contributed by atoms with Crippen LogP contribution < -0.4 is 0 Å². The Bertz CT molecular complexity index is 938. The van der Waals surface area contributed by atoms with Gasteiger partial charge in [0, 0.05) is 18.9 Å². The summed E-state index contributed by atoms with van der Waals surface area (Å²) in [6, 6.07) is 18.6. The second-order valence-electron chi connectivity index (χ2n) is 6.69. The Kier molecular flexibility index (Phi) is 4.97. The highest BCUT2D eigenvalue weighted by atomic mass is 32.2. The van der Waals surface area contributed by atoms with Gasteiger partial charge in [-0.1, -0.05) is 54.2 Å². The molecule has 1 atom stereocenters. The maximum absolute atomic E-state index is 13.6. The number of nitriles is 1. The van der Waals surface area contributed by atoms with Gasteiger partial charge < -0.3 is 0 Å². The molecule has 0 bridgehead atoms. The van der Waals surface area contributed by atoms with Gasteiger partial charge in [-0.15, -0.1) is 0 Å². The van der Waals surface area contributed by atoms with Gasteiger partial charge in [0.2, 0.25) is 5.91 Å². The molecule has 6 heteroatoms. The van der Waals surface area contributed by atoms with Crippen LogP contribution in [0.15, 0.2) is 65.2 Å². The van der Waals surface area contributed by atoms with E-state index in [0.29, 0.717) is 28.7 Å². The summed E-state index contributed by atoms with van der Waals surface area (Å²) < 4.78 is 13.6. The highest BCUT2D eigenvalue weighted by Gasteiger charge is 2.38. The van der Waals surface area contributed by atoms with Crippen LogP contribution in [0.3, 0.4) is 0 Å². The summed E-state index contributed by atoms with van der Waals surface area (Å²) in [5.74, 6) is -0.0501. The van der Waals surface area contributed by atoms with E-state index in [0.717, 1.165) is 6.54 Å². The molecule has 1 fully saturated rings. The van der Waals surface area contributed by atoms with Gasteiger partial charge in [0.05, 0.1) is 29.2 Å². The lowest BCUT2D eigenvalue weighted by molar-refractivity contribution is -0.131. The number of hydrogen-bond donors (Lipinski definition) is 0. The number of thioether (sulfide) groups is 1. The number of benzene rings is 2. The van der Waals surface area contributed by atoms with Crippen LogP contribution in [0.2, 0.25) is 0 Å². The van der Waals surface area contributed by atoms with Crippen LogP contribution in [-0.4, -0.2) is 28.3 Å². The van der Waals surface area contributed by atoms with Crippen molar-refractivity contribution in [3.05, 3.63) is 82.1 Å². The number of hydrogen-bond acceptors (Lipinski definition) is 4. The second kappa shape index (κ2) is 7.55. The molecule has 2 aliphatic heterocycles. The minimum atomic E-state index is -0.377. The molecule has 4 nitrogen and oxygen atoms in total. The highest BCUT2D eigenvalue weighted by molar-refractivity contribution is 8.03. The number of fused-ring (bicyclic) bond motifs is 1. The van der Waals surface area contributed by atoms with Crippen molar-refractivity contribution in [2.45, 2.75) is 18.9 Å². The van der Waals surface area contributed by atoms with Gasteiger partial charge in [0.1, 0.15) is 5.82 Å². The summed E-state index contributed by atoms with van der Waals surface area (Å²) in [6.07, 6.45) is 0.190. The number of carbonyl (C=O) groups excluding carboxylic acids is 1. The van der Waals surface area contributed by atoms with E-state index in [4.69, 9.17) is 0 Å². The molecule has 0 aromatic heterocycles. The van der Waals surface area contributed by atoms with Crippen molar-refractivity contribution in [1.29, 1.82) is 5.26 Å². The monoisotopic (exact) mass is 379 g/mol. The fraction of sp³-hybridized carbons (Fsp3) is 0.238. The molecule has 4 rings (SSSR count). The molecule has 136 valence electrons. The first-order valence-corrected chi connectivity index (χ1v) is 9.73. The normalized spacial score (nSPS) is 20.4. The second-order valence-corrected chi connectivity index (χ2v) is 7.63. The Morgan fingerprint density at radius 3 is 2.74 bits per heavy atom. The predicted molar refractivity (Wildman–Crippen MR) is 103 cm³/mol. The minimum absolute atomic E-state index is 0.0245. The summed E-state index contributed by atoms with van der Waals surface area (Å²) in [5, 5.41) is 10.5.